The molecule has 0 rings (SSSR count). The Morgan fingerprint density at radius 2 is 1.84 bits per heavy atom. The van der Waals surface area contributed by atoms with Gasteiger partial charge in [-0.1, -0.05) is 33.6 Å². The van der Waals surface area contributed by atoms with Crippen LogP contribution >= 0.6 is 0 Å². The van der Waals surface area contributed by atoms with Gasteiger partial charge in [0.1, 0.15) is 6.10 Å². The molecule has 0 aliphatic heterocycles. The minimum atomic E-state index is -2.00. The lowest BCUT2D eigenvalue weighted by molar-refractivity contribution is -0.174. The molecule has 5 heteroatoms. The molecule has 19 heavy (non-hydrogen) atoms. The average Bonchev–Trinajstić information content (AvgIpc) is 2.31. The van der Waals surface area contributed by atoms with Crippen LogP contribution in [-0.4, -0.2) is 39.5 Å². The van der Waals surface area contributed by atoms with Crippen molar-refractivity contribution in [2.45, 2.75) is 51.9 Å². The van der Waals surface area contributed by atoms with Gasteiger partial charge in [-0.15, -0.1) is 6.42 Å². The minimum absolute atomic E-state index is 0.0536. The van der Waals surface area contributed by atoms with E-state index in [0.717, 1.165) is 0 Å². The fourth-order valence-electron chi connectivity index (χ4n) is 1.28. The van der Waals surface area contributed by atoms with E-state index in [1.807, 2.05) is 0 Å². The maximum Gasteiger partial charge on any atom is 0.252 e. The molecular formula is C14H27NO3Si. The topological polar surface area (TPSA) is 38.8 Å². The minimum Gasteiger partial charge on any atom is -0.402 e. The molecule has 0 aromatic rings. The SMILES string of the molecule is C#C[C@@H](O[Si](C)(C)C(C)(C)C)[C@H](C)C(=O)N(C)OC. The van der Waals surface area contributed by atoms with Crippen LogP contribution in [0.4, 0.5) is 0 Å². The highest BCUT2D eigenvalue weighted by Crippen LogP contribution is 2.38. The average molecular weight is 285 g/mol. The maximum atomic E-state index is 12.1. The molecule has 0 N–H and O–H groups in total. The summed E-state index contributed by atoms with van der Waals surface area (Å²) in [5.74, 6) is 2.00. The summed E-state index contributed by atoms with van der Waals surface area (Å²) in [6, 6.07) is 0. The second-order valence-corrected chi connectivity index (χ2v) is 11.0. The van der Waals surface area contributed by atoms with Crippen LogP contribution in [0.2, 0.25) is 18.1 Å². The molecule has 0 bridgehead atoms. The van der Waals surface area contributed by atoms with Crippen LogP contribution in [-0.2, 0) is 14.1 Å². The zero-order chi connectivity index (χ0) is 15.4. The summed E-state index contributed by atoms with van der Waals surface area (Å²) in [6.07, 6.45) is 5.02. The van der Waals surface area contributed by atoms with Crippen molar-refractivity contribution in [1.82, 2.24) is 5.06 Å². The highest BCUT2D eigenvalue weighted by Gasteiger charge is 2.41. The molecule has 110 valence electrons. The lowest BCUT2D eigenvalue weighted by Crippen LogP contribution is -2.47. The smallest absolute Gasteiger partial charge is 0.252 e. The number of carbonyl (C=O) groups is 1. The summed E-state index contributed by atoms with van der Waals surface area (Å²) in [4.78, 5) is 16.9. The zero-order valence-electron chi connectivity index (χ0n) is 13.4. The predicted octanol–water partition coefficient (Wildman–Crippen LogP) is 2.67. The summed E-state index contributed by atoms with van der Waals surface area (Å²) < 4.78 is 6.13. The Hall–Kier alpha value is -0.833. The Morgan fingerprint density at radius 1 is 1.37 bits per heavy atom. The second-order valence-electron chi connectivity index (χ2n) is 6.27. The summed E-state index contributed by atoms with van der Waals surface area (Å²) in [6.45, 7) is 12.4. The van der Waals surface area contributed by atoms with Gasteiger partial charge in [-0.05, 0) is 18.1 Å². The van der Waals surface area contributed by atoms with E-state index in [0.29, 0.717) is 0 Å². The summed E-state index contributed by atoms with van der Waals surface area (Å²) in [5, 5.41) is 1.24. The van der Waals surface area contributed by atoms with Crippen molar-refractivity contribution in [1.29, 1.82) is 0 Å². The van der Waals surface area contributed by atoms with Crippen LogP contribution in [0.25, 0.3) is 0 Å². The molecule has 0 aliphatic rings. The van der Waals surface area contributed by atoms with Gasteiger partial charge in [0.15, 0.2) is 8.32 Å². The van der Waals surface area contributed by atoms with Gasteiger partial charge in [0.05, 0.1) is 13.0 Å². The molecule has 2 atom stereocenters. The third kappa shape index (κ3) is 4.64. The second kappa shape index (κ2) is 6.55. The van der Waals surface area contributed by atoms with Crippen molar-refractivity contribution in [2.24, 2.45) is 5.92 Å². The molecule has 0 unspecified atom stereocenters. The van der Waals surface area contributed by atoms with E-state index in [1.165, 1.54) is 12.2 Å². The van der Waals surface area contributed by atoms with Crippen LogP contribution in [0.15, 0.2) is 0 Å². The number of hydrogen-bond acceptors (Lipinski definition) is 3. The van der Waals surface area contributed by atoms with Crippen molar-refractivity contribution in [3.8, 4) is 12.3 Å². The lowest BCUT2D eigenvalue weighted by atomic mass is 10.1. The molecular weight excluding hydrogens is 258 g/mol. The number of hydroxylamine groups is 2. The fraction of sp³-hybridized carbons (Fsp3) is 0.786. The first-order valence-electron chi connectivity index (χ1n) is 6.43. The molecule has 1 amide bonds. The Morgan fingerprint density at radius 3 is 2.16 bits per heavy atom. The maximum absolute atomic E-state index is 12.1. The van der Waals surface area contributed by atoms with Crippen LogP contribution in [0.3, 0.4) is 0 Å². The zero-order valence-corrected chi connectivity index (χ0v) is 14.4. The van der Waals surface area contributed by atoms with E-state index in [4.69, 9.17) is 15.7 Å². The number of rotatable bonds is 5. The van der Waals surface area contributed by atoms with Gasteiger partial charge >= 0.3 is 0 Å². The highest BCUT2D eigenvalue weighted by atomic mass is 28.4. The summed E-state index contributed by atoms with van der Waals surface area (Å²) >= 11 is 0. The van der Waals surface area contributed by atoms with Crippen LogP contribution < -0.4 is 0 Å². The Balaban J connectivity index is 4.97. The standard InChI is InChI=1S/C14H27NO3Si/c1-10-12(11(2)13(16)15(6)17-7)18-19(8,9)14(3,4)5/h1,11-12H,2-9H3/t11-,12+/m0/s1. The molecule has 0 heterocycles. The third-order valence-corrected chi connectivity index (χ3v) is 8.28. The normalized spacial score (nSPS) is 15.5. The van der Waals surface area contributed by atoms with Gasteiger partial charge in [0.2, 0.25) is 0 Å². The molecule has 0 aliphatic carbocycles. The van der Waals surface area contributed by atoms with E-state index < -0.39 is 20.3 Å². The first-order chi connectivity index (χ1) is 8.47. The molecule has 0 radical (unpaired) electrons. The third-order valence-electron chi connectivity index (χ3n) is 3.82. The largest absolute Gasteiger partial charge is 0.402 e. The molecule has 0 fully saturated rings. The van der Waals surface area contributed by atoms with Gasteiger partial charge in [0.25, 0.3) is 5.91 Å². The lowest BCUT2D eigenvalue weighted by Gasteiger charge is -2.39. The van der Waals surface area contributed by atoms with Gasteiger partial charge < -0.3 is 4.43 Å². The Bertz CT molecular complexity index is 355. The van der Waals surface area contributed by atoms with E-state index in [2.05, 4.69) is 39.8 Å². The molecule has 0 aromatic carbocycles. The number of terminal acetylenes is 1. The number of nitrogens with zero attached hydrogens (tertiary/aromatic N) is 1. The molecule has 0 saturated carbocycles. The molecule has 0 spiro atoms. The van der Waals surface area contributed by atoms with Crippen LogP contribution in [0, 0.1) is 18.3 Å². The number of hydrogen-bond donors (Lipinski definition) is 0. The summed E-state index contributed by atoms with van der Waals surface area (Å²) in [5.41, 5.74) is 0. The van der Waals surface area contributed by atoms with Crippen LogP contribution in [0.1, 0.15) is 27.7 Å². The highest BCUT2D eigenvalue weighted by molar-refractivity contribution is 6.74. The van der Waals surface area contributed by atoms with Crippen molar-refractivity contribution in [3.63, 3.8) is 0 Å². The number of amides is 1. The first kappa shape index (κ1) is 18.2. The van der Waals surface area contributed by atoms with E-state index in [9.17, 15) is 4.79 Å². The van der Waals surface area contributed by atoms with Crippen LogP contribution in [0.5, 0.6) is 0 Å². The van der Waals surface area contributed by atoms with Crippen molar-refractivity contribution in [3.05, 3.63) is 0 Å². The monoisotopic (exact) mass is 285 g/mol. The fourth-order valence-corrected chi connectivity index (χ4v) is 2.54. The Kier molecular flexibility index (Phi) is 6.27. The van der Waals surface area contributed by atoms with E-state index >= 15 is 0 Å². The molecule has 0 saturated heterocycles. The van der Waals surface area contributed by atoms with E-state index in [1.54, 1.807) is 14.0 Å². The Labute approximate surface area is 118 Å². The van der Waals surface area contributed by atoms with Crippen molar-refractivity contribution >= 4 is 14.2 Å². The van der Waals surface area contributed by atoms with Gasteiger partial charge in [0, 0.05) is 7.05 Å². The van der Waals surface area contributed by atoms with E-state index in [-0.39, 0.29) is 10.9 Å². The predicted molar refractivity (Wildman–Crippen MR) is 79.8 cm³/mol. The van der Waals surface area contributed by atoms with Crippen molar-refractivity contribution < 1.29 is 14.1 Å². The van der Waals surface area contributed by atoms with Gasteiger partial charge in [-0.2, -0.15) is 0 Å². The first-order valence-corrected chi connectivity index (χ1v) is 9.34. The number of carbonyl (C=O) groups excluding carboxylic acids is 1. The van der Waals surface area contributed by atoms with Crippen molar-refractivity contribution in [2.75, 3.05) is 14.2 Å². The molecule has 4 nitrogen and oxygen atoms in total. The summed E-state index contributed by atoms with van der Waals surface area (Å²) in [7, 11) is 1.02. The molecule has 0 aromatic heterocycles. The quantitative estimate of drug-likeness (QED) is 0.443. The van der Waals surface area contributed by atoms with Gasteiger partial charge in [-0.3, -0.25) is 9.63 Å². The van der Waals surface area contributed by atoms with Gasteiger partial charge in [-0.25, -0.2) is 5.06 Å².